The number of nitrogens with one attached hydrogen (secondary N) is 1. The Morgan fingerprint density at radius 1 is 1.31 bits per heavy atom. The van der Waals surface area contributed by atoms with E-state index in [9.17, 15) is 19.8 Å². The number of amides is 2. The maximum atomic E-state index is 12.5. The summed E-state index contributed by atoms with van der Waals surface area (Å²) < 4.78 is 7.02. The van der Waals surface area contributed by atoms with Crippen LogP contribution in [-0.4, -0.2) is 60.9 Å². The number of primary amides is 1. The minimum Gasteiger partial charge on any atom is -0.388 e. The number of anilines is 1. The summed E-state index contributed by atoms with van der Waals surface area (Å²) in [6, 6.07) is -0.755. The van der Waals surface area contributed by atoms with Crippen LogP contribution < -0.4 is 16.8 Å². The van der Waals surface area contributed by atoms with Gasteiger partial charge in [0.05, 0.1) is 23.1 Å². The largest absolute Gasteiger partial charge is 0.388 e. The van der Waals surface area contributed by atoms with Crippen molar-refractivity contribution >= 4 is 28.7 Å². The van der Waals surface area contributed by atoms with Gasteiger partial charge in [-0.2, -0.15) is 0 Å². The van der Waals surface area contributed by atoms with E-state index in [4.69, 9.17) is 16.2 Å². The normalized spacial score (nSPS) is 25.5. The number of carbonyl (C=O) groups excluding carboxylic acids is 2. The van der Waals surface area contributed by atoms with Crippen LogP contribution in [0.5, 0.6) is 0 Å². The van der Waals surface area contributed by atoms with E-state index in [0.29, 0.717) is 6.42 Å². The van der Waals surface area contributed by atoms with Crippen LogP contribution in [0.4, 0.5) is 5.82 Å². The molecule has 1 saturated heterocycles. The maximum Gasteiger partial charge on any atom is 0.251 e. The molecular weight excluding hydrogens is 380 g/mol. The summed E-state index contributed by atoms with van der Waals surface area (Å²) in [7, 11) is 0. The molecule has 0 spiro atoms. The zero-order valence-corrected chi connectivity index (χ0v) is 16.4. The smallest absolute Gasteiger partial charge is 0.251 e. The van der Waals surface area contributed by atoms with Gasteiger partial charge in [-0.1, -0.05) is 13.8 Å². The maximum absolute atomic E-state index is 12.5. The molecule has 0 bridgehead atoms. The van der Waals surface area contributed by atoms with Gasteiger partial charge in [-0.25, -0.2) is 9.97 Å². The van der Waals surface area contributed by atoms with Crippen LogP contribution in [0.1, 0.15) is 43.8 Å². The summed E-state index contributed by atoms with van der Waals surface area (Å²) in [4.78, 5) is 32.7. The Bertz CT molecular complexity index is 929. The lowest BCUT2D eigenvalue weighted by atomic mass is 10.0. The van der Waals surface area contributed by atoms with Crippen LogP contribution in [0.15, 0.2) is 12.5 Å². The average molecular weight is 406 g/mol. The predicted molar refractivity (Wildman–Crippen MR) is 104 cm³/mol. The quantitative estimate of drug-likeness (QED) is 0.425. The van der Waals surface area contributed by atoms with Crippen molar-refractivity contribution in [2.24, 2.45) is 17.4 Å². The van der Waals surface area contributed by atoms with Crippen molar-refractivity contribution in [2.45, 2.75) is 57.8 Å². The fourth-order valence-electron chi connectivity index (χ4n) is 3.44. The molecule has 11 nitrogen and oxygen atoms in total. The first-order chi connectivity index (χ1) is 13.6. The molecule has 5 unspecified atom stereocenters. The number of rotatable bonds is 6. The fraction of sp³-hybridized carbons (Fsp3) is 0.556. The van der Waals surface area contributed by atoms with Gasteiger partial charge in [-0.05, 0) is 19.3 Å². The second kappa shape index (κ2) is 8.03. The lowest BCUT2D eigenvalue weighted by Crippen LogP contribution is -2.37. The molecular formula is C18H26N6O5. The predicted octanol–water partition coefficient (Wildman–Crippen LogP) is -0.519. The van der Waals surface area contributed by atoms with Crippen LogP contribution in [0, 0.1) is 5.92 Å². The van der Waals surface area contributed by atoms with E-state index in [1.165, 1.54) is 17.1 Å². The van der Waals surface area contributed by atoms with Gasteiger partial charge in [0, 0.05) is 6.20 Å². The Balaban J connectivity index is 2.04. The highest BCUT2D eigenvalue weighted by atomic mass is 16.6. The highest BCUT2D eigenvalue weighted by Gasteiger charge is 2.42. The van der Waals surface area contributed by atoms with Crippen LogP contribution in [-0.2, 0) is 9.53 Å². The van der Waals surface area contributed by atoms with Gasteiger partial charge < -0.3 is 36.3 Å². The van der Waals surface area contributed by atoms with Gasteiger partial charge in [0.25, 0.3) is 5.91 Å². The Labute approximate surface area is 167 Å². The fourth-order valence-corrected chi connectivity index (χ4v) is 3.44. The molecule has 1 fully saturated rings. The zero-order valence-electron chi connectivity index (χ0n) is 16.4. The summed E-state index contributed by atoms with van der Waals surface area (Å²) in [5.41, 5.74) is 11.7. The van der Waals surface area contributed by atoms with E-state index < -0.39 is 42.4 Å². The van der Waals surface area contributed by atoms with E-state index in [-0.39, 0.29) is 28.3 Å². The summed E-state index contributed by atoms with van der Waals surface area (Å²) in [6.07, 6.45) is -0.921. The van der Waals surface area contributed by atoms with Crippen molar-refractivity contribution in [3.63, 3.8) is 0 Å². The molecule has 11 heteroatoms. The van der Waals surface area contributed by atoms with Gasteiger partial charge in [0.15, 0.2) is 6.23 Å². The molecule has 5 atom stereocenters. The number of hydrogen-bond acceptors (Lipinski definition) is 8. The first-order valence-electron chi connectivity index (χ1n) is 9.35. The highest BCUT2D eigenvalue weighted by Crippen LogP contribution is 2.35. The van der Waals surface area contributed by atoms with Crippen LogP contribution in [0.3, 0.4) is 0 Å². The Morgan fingerprint density at radius 2 is 2.00 bits per heavy atom. The number of carbonyl (C=O) groups is 2. The second-order valence-electron chi connectivity index (χ2n) is 7.67. The van der Waals surface area contributed by atoms with Crippen LogP contribution in [0.2, 0.25) is 0 Å². The molecule has 0 saturated carbocycles. The third kappa shape index (κ3) is 3.94. The average Bonchev–Trinajstić information content (AvgIpc) is 3.15. The van der Waals surface area contributed by atoms with Crippen LogP contribution >= 0.6 is 0 Å². The molecule has 158 valence electrons. The molecule has 3 heterocycles. The summed E-state index contributed by atoms with van der Waals surface area (Å²) in [5, 5.41) is 23.2. The minimum atomic E-state index is -1.24. The Hall–Kier alpha value is -2.60. The highest BCUT2D eigenvalue weighted by molar-refractivity contribution is 6.11. The molecule has 3 rings (SSSR count). The summed E-state index contributed by atoms with van der Waals surface area (Å²) in [5.74, 6) is -0.930. The number of aliphatic hydroxyl groups is 2. The summed E-state index contributed by atoms with van der Waals surface area (Å²) >= 11 is 0. The molecule has 2 aromatic rings. The van der Waals surface area contributed by atoms with E-state index in [2.05, 4.69) is 15.3 Å². The number of aliphatic hydroxyl groups excluding tert-OH is 2. The van der Waals surface area contributed by atoms with E-state index in [0.717, 1.165) is 0 Å². The van der Waals surface area contributed by atoms with Gasteiger partial charge >= 0.3 is 0 Å². The van der Waals surface area contributed by atoms with Gasteiger partial charge in [0.1, 0.15) is 30.0 Å². The molecule has 2 aromatic heterocycles. The molecule has 2 amide bonds. The monoisotopic (exact) mass is 406 g/mol. The van der Waals surface area contributed by atoms with Crippen molar-refractivity contribution in [1.82, 2.24) is 14.5 Å². The van der Waals surface area contributed by atoms with E-state index in [1.54, 1.807) is 6.92 Å². The minimum absolute atomic E-state index is 0.0400. The zero-order chi connectivity index (χ0) is 21.5. The number of nitrogens with zero attached hydrogens (tertiary/aromatic N) is 3. The van der Waals surface area contributed by atoms with Crippen molar-refractivity contribution in [3.8, 4) is 0 Å². The number of hydrogen-bond donors (Lipinski definition) is 5. The van der Waals surface area contributed by atoms with Gasteiger partial charge in [-0.3, -0.25) is 9.59 Å². The van der Waals surface area contributed by atoms with Crippen LogP contribution in [0.25, 0.3) is 11.0 Å². The number of aromatic nitrogens is 3. The van der Waals surface area contributed by atoms with Crippen molar-refractivity contribution < 1.29 is 24.5 Å². The van der Waals surface area contributed by atoms with E-state index >= 15 is 0 Å². The van der Waals surface area contributed by atoms with Crippen molar-refractivity contribution in [3.05, 3.63) is 18.1 Å². The molecule has 0 radical (unpaired) electrons. The number of fused-ring (bicyclic) bond motifs is 1. The molecule has 7 N–H and O–H groups in total. The first kappa shape index (κ1) is 21.1. The third-order valence-corrected chi connectivity index (χ3v) is 4.93. The third-order valence-electron chi connectivity index (χ3n) is 4.93. The van der Waals surface area contributed by atoms with Crippen molar-refractivity contribution in [1.29, 1.82) is 0 Å². The summed E-state index contributed by atoms with van der Waals surface area (Å²) in [6.45, 7) is 5.51. The van der Waals surface area contributed by atoms with E-state index in [1.807, 2.05) is 13.8 Å². The molecule has 0 aliphatic carbocycles. The van der Waals surface area contributed by atoms with Gasteiger partial charge in [-0.15, -0.1) is 0 Å². The SMILES string of the molecule is CC(C)CC(N)C(=O)Nc1ncnc2c1c(C(N)=O)cn2C1OC(C)C(O)C1O. The molecule has 0 aromatic carbocycles. The van der Waals surface area contributed by atoms with Crippen molar-refractivity contribution in [2.75, 3.05) is 5.32 Å². The lowest BCUT2D eigenvalue weighted by molar-refractivity contribution is -0.117. The topological polar surface area (TPSA) is 179 Å². The molecule has 1 aliphatic rings. The first-order valence-corrected chi connectivity index (χ1v) is 9.35. The Morgan fingerprint density at radius 3 is 2.55 bits per heavy atom. The Kier molecular flexibility index (Phi) is 5.85. The molecule has 1 aliphatic heterocycles. The number of ether oxygens (including phenoxy) is 1. The number of nitrogens with two attached hydrogens (primary N) is 2. The van der Waals surface area contributed by atoms with Gasteiger partial charge in [0.2, 0.25) is 5.91 Å². The lowest BCUT2D eigenvalue weighted by Gasteiger charge is -2.17. The molecule has 29 heavy (non-hydrogen) atoms. The second-order valence-corrected chi connectivity index (χ2v) is 7.67. The standard InChI is InChI=1S/C18H26N6O5/c1-7(2)4-10(19)17(28)23-15-11-9(14(20)27)5-24(16(11)22-6-21-15)18-13(26)12(25)8(3)29-18/h5-8,10,12-13,18,25-26H,4,19H2,1-3H3,(H2,20,27)(H,21,22,23,28).